The van der Waals surface area contributed by atoms with Gasteiger partial charge in [0.25, 0.3) is 0 Å². The molecule has 4 heteroatoms. The van der Waals surface area contributed by atoms with E-state index in [1.165, 1.54) is 18.4 Å². The zero-order chi connectivity index (χ0) is 12.4. The molecule has 1 aliphatic carbocycles. The minimum atomic E-state index is 0.529. The first kappa shape index (κ1) is 12.0. The molecule has 2 heterocycles. The highest BCUT2D eigenvalue weighted by molar-refractivity contribution is 7.07. The van der Waals surface area contributed by atoms with Crippen LogP contribution in [0.25, 0.3) is 0 Å². The number of nitrogens with zero attached hydrogens (tertiary/aromatic N) is 2. The van der Waals surface area contributed by atoms with Crippen molar-refractivity contribution in [3.05, 3.63) is 46.3 Å². The van der Waals surface area contributed by atoms with E-state index in [1.54, 1.807) is 11.3 Å². The molecule has 0 N–H and O–H groups in total. The number of hydrogen-bond acceptors (Lipinski definition) is 3. The van der Waals surface area contributed by atoms with Crippen molar-refractivity contribution in [1.82, 2.24) is 4.98 Å². The number of pyridine rings is 1. The summed E-state index contributed by atoms with van der Waals surface area (Å²) in [6.07, 6.45) is 4.44. The Bertz CT molecular complexity index is 491. The molecule has 2 aromatic rings. The number of thiophene rings is 1. The molecule has 0 amide bonds. The molecule has 2 nitrogen and oxygen atoms in total. The van der Waals surface area contributed by atoms with E-state index in [1.807, 2.05) is 6.20 Å². The smallest absolute Gasteiger partial charge is 0.129 e. The summed E-state index contributed by atoms with van der Waals surface area (Å²) >= 11 is 7.55. The minimum absolute atomic E-state index is 0.529. The van der Waals surface area contributed by atoms with Crippen LogP contribution >= 0.6 is 22.9 Å². The third kappa shape index (κ3) is 2.68. The molecular formula is C14H15ClN2S. The van der Waals surface area contributed by atoms with Crippen molar-refractivity contribution in [2.24, 2.45) is 0 Å². The van der Waals surface area contributed by atoms with Gasteiger partial charge in [-0.25, -0.2) is 4.98 Å². The predicted molar refractivity (Wildman–Crippen MR) is 77.3 cm³/mol. The van der Waals surface area contributed by atoms with E-state index in [2.05, 4.69) is 38.8 Å². The van der Waals surface area contributed by atoms with Gasteiger partial charge in [-0.15, -0.1) is 11.6 Å². The molecule has 0 radical (unpaired) electrons. The van der Waals surface area contributed by atoms with Crippen molar-refractivity contribution >= 4 is 28.8 Å². The fraction of sp³-hybridized carbons (Fsp3) is 0.357. The molecule has 0 spiro atoms. The van der Waals surface area contributed by atoms with E-state index in [9.17, 15) is 0 Å². The summed E-state index contributed by atoms with van der Waals surface area (Å²) in [7, 11) is 0. The lowest BCUT2D eigenvalue weighted by molar-refractivity contribution is 0.779. The highest BCUT2D eigenvalue weighted by Gasteiger charge is 2.30. The molecule has 0 bridgehead atoms. The van der Waals surface area contributed by atoms with Gasteiger partial charge in [0, 0.05) is 24.7 Å². The molecule has 1 aliphatic rings. The van der Waals surface area contributed by atoms with Crippen LogP contribution < -0.4 is 4.90 Å². The van der Waals surface area contributed by atoms with Gasteiger partial charge < -0.3 is 4.90 Å². The fourth-order valence-corrected chi connectivity index (χ4v) is 2.85. The molecule has 0 atom stereocenters. The Hall–Kier alpha value is -1.06. The van der Waals surface area contributed by atoms with Crippen molar-refractivity contribution in [2.75, 3.05) is 4.90 Å². The van der Waals surface area contributed by atoms with Crippen LogP contribution in [0.1, 0.15) is 24.0 Å². The fourth-order valence-electron chi connectivity index (χ4n) is 2.03. The number of rotatable bonds is 5. The molecule has 3 rings (SSSR count). The zero-order valence-electron chi connectivity index (χ0n) is 10.1. The third-order valence-electron chi connectivity index (χ3n) is 3.18. The first-order chi connectivity index (χ1) is 8.86. The van der Waals surface area contributed by atoms with Crippen LogP contribution in [0.15, 0.2) is 35.2 Å². The van der Waals surface area contributed by atoms with E-state index in [0.717, 1.165) is 17.9 Å². The van der Waals surface area contributed by atoms with E-state index >= 15 is 0 Å². The first-order valence-corrected chi connectivity index (χ1v) is 7.63. The summed E-state index contributed by atoms with van der Waals surface area (Å²) < 4.78 is 0. The number of halogens is 1. The molecule has 1 saturated carbocycles. The number of aromatic nitrogens is 1. The lowest BCUT2D eigenvalue weighted by Gasteiger charge is -2.23. The topological polar surface area (TPSA) is 16.1 Å². The van der Waals surface area contributed by atoms with Crippen LogP contribution in [0.2, 0.25) is 0 Å². The van der Waals surface area contributed by atoms with Crippen LogP contribution in [-0.4, -0.2) is 11.0 Å². The highest BCUT2D eigenvalue weighted by Crippen LogP contribution is 2.32. The van der Waals surface area contributed by atoms with Gasteiger partial charge in [0.2, 0.25) is 0 Å². The Morgan fingerprint density at radius 3 is 2.72 bits per heavy atom. The first-order valence-electron chi connectivity index (χ1n) is 6.15. The third-order valence-corrected chi connectivity index (χ3v) is 4.22. The van der Waals surface area contributed by atoms with E-state index < -0.39 is 0 Å². The Kier molecular flexibility index (Phi) is 3.52. The van der Waals surface area contributed by atoms with Gasteiger partial charge in [-0.05, 0) is 46.9 Å². The second-order valence-corrected chi connectivity index (χ2v) is 5.70. The molecule has 1 fully saturated rings. The Labute approximate surface area is 116 Å². The number of anilines is 1. The Morgan fingerprint density at radius 1 is 1.28 bits per heavy atom. The van der Waals surface area contributed by atoms with Crippen LogP contribution in [0.5, 0.6) is 0 Å². The van der Waals surface area contributed by atoms with Crippen molar-refractivity contribution in [1.29, 1.82) is 0 Å². The lowest BCUT2D eigenvalue weighted by atomic mass is 10.2. The summed E-state index contributed by atoms with van der Waals surface area (Å²) in [5, 5.41) is 4.34. The maximum absolute atomic E-state index is 5.80. The maximum atomic E-state index is 5.80. The normalized spacial score (nSPS) is 14.7. The van der Waals surface area contributed by atoms with Gasteiger partial charge in [0.05, 0.1) is 0 Å². The van der Waals surface area contributed by atoms with Gasteiger partial charge in [-0.1, -0.05) is 6.07 Å². The second-order valence-electron chi connectivity index (χ2n) is 4.65. The monoisotopic (exact) mass is 278 g/mol. The average molecular weight is 279 g/mol. The van der Waals surface area contributed by atoms with Crippen molar-refractivity contribution in [3.63, 3.8) is 0 Å². The molecule has 2 aromatic heterocycles. The summed E-state index contributed by atoms with van der Waals surface area (Å²) in [6.45, 7) is 0.960. The van der Waals surface area contributed by atoms with E-state index in [-0.39, 0.29) is 0 Å². The second kappa shape index (κ2) is 5.29. The Morgan fingerprint density at radius 2 is 2.17 bits per heavy atom. The van der Waals surface area contributed by atoms with Crippen molar-refractivity contribution in [3.8, 4) is 0 Å². The average Bonchev–Trinajstić information content (AvgIpc) is 3.13. The van der Waals surface area contributed by atoms with Gasteiger partial charge in [-0.3, -0.25) is 0 Å². The van der Waals surface area contributed by atoms with Gasteiger partial charge in [0.15, 0.2) is 0 Å². The molecular weight excluding hydrogens is 264 g/mol. The van der Waals surface area contributed by atoms with Crippen molar-refractivity contribution in [2.45, 2.75) is 31.3 Å². The summed E-state index contributed by atoms with van der Waals surface area (Å²) in [5.74, 6) is 1.60. The number of alkyl halides is 1. The largest absolute Gasteiger partial charge is 0.349 e. The van der Waals surface area contributed by atoms with Crippen LogP contribution in [0, 0.1) is 0 Å². The quantitative estimate of drug-likeness (QED) is 0.767. The van der Waals surface area contributed by atoms with Crippen LogP contribution in [0.4, 0.5) is 5.82 Å². The van der Waals surface area contributed by atoms with E-state index in [4.69, 9.17) is 11.6 Å². The molecule has 0 aliphatic heterocycles. The maximum Gasteiger partial charge on any atom is 0.129 e. The molecule has 94 valence electrons. The predicted octanol–water partition coefficient (Wildman–Crippen LogP) is 4.05. The number of hydrogen-bond donors (Lipinski definition) is 0. The lowest BCUT2D eigenvalue weighted by Crippen LogP contribution is -2.25. The SMILES string of the molecule is ClCc1ccc(N(Cc2ccsc2)C2CC2)nc1. The van der Waals surface area contributed by atoms with Crippen LogP contribution in [-0.2, 0) is 12.4 Å². The highest BCUT2D eigenvalue weighted by atomic mass is 35.5. The summed E-state index contributed by atoms with van der Waals surface area (Å²) in [5.41, 5.74) is 2.45. The molecule has 0 unspecified atom stereocenters. The summed E-state index contributed by atoms with van der Waals surface area (Å²) in [6, 6.07) is 7.01. The molecule has 18 heavy (non-hydrogen) atoms. The van der Waals surface area contributed by atoms with Gasteiger partial charge in [-0.2, -0.15) is 11.3 Å². The molecule has 0 saturated heterocycles. The molecule has 0 aromatic carbocycles. The van der Waals surface area contributed by atoms with Crippen LogP contribution in [0.3, 0.4) is 0 Å². The van der Waals surface area contributed by atoms with E-state index in [0.29, 0.717) is 11.9 Å². The standard InChI is InChI=1S/C14H15ClN2S/c15-7-11-1-4-14(16-8-11)17(13-2-3-13)9-12-5-6-18-10-12/h1,4-6,8,10,13H,2-3,7,9H2. The summed E-state index contributed by atoms with van der Waals surface area (Å²) in [4.78, 5) is 6.94. The van der Waals surface area contributed by atoms with Gasteiger partial charge in [0.1, 0.15) is 5.82 Å². The van der Waals surface area contributed by atoms with Crippen molar-refractivity contribution < 1.29 is 0 Å². The minimum Gasteiger partial charge on any atom is -0.349 e. The Balaban J connectivity index is 1.80. The van der Waals surface area contributed by atoms with Gasteiger partial charge >= 0.3 is 0 Å². The zero-order valence-corrected chi connectivity index (χ0v) is 11.6.